The number of hydrogen-bond acceptors (Lipinski definition) is 8. The Balaban J connectivity index is 1.06. The van der Waals surface area contributed by atoms with Crippen molar-refractivity contribution in [1.29, 1.82) is 0 Å². The van der Waals surface area contributed by atoms with Gasteiger partial charge in [0.25, 0.3) is 0 Å². The first-order valence-electron chi connectivity index (χ1n) is 16.6. The van der Waals surface area contributed by atoms with Crippen LogP contribution < -0.4 is 18.9 Å². The summed E-state index contributed by atoms with van der Waals surface area (Å²) in [7, 11) is 0. The molecule has 0 saturated carbocycles. The van der Waals surface area contributed by atoms with Crippen LogP contribution in [0.2, 0.25) is 0 Å². The largest absolute Gasteiger partial charge is 0.494 e. The number of carbonyl (C=O) groups excluding carboxylic acids is 2. The van der Waals surface area contributed by atoms with Crippen LogP contribution in [0.4, 0.5) is 0 Å². The number of hydrogen-bond donors (Lipinski definition) is 0. The summed E-state index contributed by atoms with van der Waals surface area (Å²) in [5, 5.41) is 0. The third kappa shape index (κ3) is 12.5. The number of benzene rings is 4. The fourth-order valence-electron chi connectivity index (χ4n) is 4.49. The molecule has 4 aromatic rings. The molecule has 48 heavy (non-hydrogen) atoms. The van der Waals surface area contributed by atoms with Gasteiger partial charge in [-0.3, -0.25) is 9.98 Å². The lowest BCUT2D eigenvalue weighted by molar-refractivity contribution is 0.0725. The zero-order valence-electron chi connectivity index (χ0n) is 27.8. The van der Waals surface area contributed by atoms with E-state index in [4.69, 9.17) is 18.9 Å². The lowest BCUT2D eigenvalue weighted by Gasteiger charge is -2.07. The lowest BCUT2D eigenvalue weighted by atomic mass is 10.2. The molecule has 4 rings (SSSR count). The number of nitrogens with zero attached hydrogens (tertiary/aromatic N) is 2. The molecule has 0 aliphatic rings. The number of ether oxygens (including phenoxy) is 4. The van der Waals surface area contributed by atoms with Crippen LogP contribution in [-0.2, 0) is 0 Å². The monoisotopic (exact) mass is 648 g/mol. The summed E-state index contributed by atoms with van der Waals surface area (Å²) < 4.78 is 22.1. The van der Waals surface area contributed by atoms with Crippen LogP contribution in [0.25, 0.3) is 0 Å². The van der Waals surface area contributed by atoms with E-state index in [0.29, 0.717) is 35.8 Å². The second kappa shape index (κ2) is 20.1. The minimum Gasteiger partial charge on any atom is -0.494 e. The number of rotatable bonds is 19. The van der Waals surface area contributed by atoms with Gasteiger partial charge in [0.15, 0.2) is 0 Å². The molecule has 4 aromatic carbocycles. The van der Waals surface area contributed by atoms with E-state index in [-0.39, 0.29) is 0 Å². The van der Waals surface area contributed by atoms with Gasteiger partial charge in [-0.2, -0.15) is 0 Å². The van der Waals surface area contributed by atoms with Gasteiger partial charge in [-0.1, -0.05) is 26.7 Å². The van der Waals surface area contributed by atoms with Crippen molar-refractivity contribution < 1.29 is 28.5 Å². The highest BCUT2D eigenvalue weighted by atomic mass is 16.5. The SMILES string of the molecule is CCCOc1ccc(C(=O)Oc2ccc(C=NCCCCCCN=Cc3ccc(OC(=O)c4ccc(OCCC)cc4)cc3)cc2)cc1. The van der Waals surface area contributed by atoms with Gasteiger partial charge in [-0.15, -0.1) is 0 Å². The molecule has 0 N–H and O–H groups in total. The van der Waals surface area contributed by atoms with Crippen LogP contribution in [0.15, 0.2) is 107 Å². The molecule has 0 aliphatic heterocycles. The summed E-state index contributed by atoms with van der Waals surface area (Å²) in [6.07, 6.45) is 9.74. The molecular formula is C40H44N2O6. The second-order valence-corrected chi connectivity index (χ2v) is 11.1. The molecule has 0 atom stereocenters. The Hall–Kier alpha value is -5.24. The molecule has 0 bridgehead atoms. The van der Waals surface area contributed by atoms with E-state index in [1.165, 1.54) is 0 Å². The highest BCUT2D eigenvalue weighted by Gasteiger charge is 2.10. The van der Waals surface area contributed by atoms with Crippen molar-refractivity contribution in [2.24, 2.45) is 9.98 Å². The maximum Gasteiger partial charge on any atom is 0.343 e. The number of unbranched alkanes of at least 4 members (excludes halogenated alkanes) is 3. The third-order valence-corrected chi connectivity index (χ3v) is 7.11. The fraction of sp³-hybridized carbons (Fsp3) is 0.300. The Morgan fingerprint density at radius 2 is 0.854 bits per heavy atom. The second-order valence-electron chi connectivity index (χ2n) is 11.1. The van der Waals surface area contributed by atoms with Crippen LogP contribution in [0.5, 0.6) is 23.0 Å². The summed E-state index contributed by atoms with van der Waals surface area (Å²) in [5.41, 5.74) is 2.85. The van der Waals surface area contributed by atoms with Crippen LogP contribution in [0, 0.1) is 0 Å². The van der Waals surface area contributed by atoms with Gasteiger partial charge in [-0.05, 0) is 134 Å². The summed E-state index contributed by atoms with van der Waals surface area (Å²) >= 11 is 0. The van der Waals surface area contributed by atoms with E-state index in [2.05, 4.69) is 9.98 Å². The average Bonchev–Trinajstić information content (AvgIpc) is 3.12. The molecular weight excluding hydrogens is 604 g/mol. The maximum atomic E-state index is 12.4. The quantitative estimate of drug-likeness (QED) is 0.0436. The summed E-state index contributed by atoms with van der Waals surface area (Å²) in [5.74, 6) is 1.63. The van der Waals surface area contributed by atoms with Crippen molar-refractivity contribution in [3.63, 3.8) is 0 Å². The van der Waals surface area contributed by atoms with E-state index in [1.54, 1.807) is 72.8 Å². The highest BCUT2D eigenvalue weighted by molar-refractivity contribution is 5.92. The van der Waals surface area contributed by atoms with Crippen molar-refractivity contribution in [1.82, 2.24) is 0 Å². The van der Waals surface area contributed by atoms with Crippen LogP contribution >= 0.6 is 0 Å². The zero-order chi connectivity index (χ0) is 33.8. The lowest BCUT2D eigenvalue weighted by Crippen LogP contribution is -2.08. The normalized spacial score (nSPS) is 11.1. The Labute approximate surface area is 283 Å². The van der Waals surface area contributed by atoms with Crippen molar-refractivity contribution in [2.45, 2.75) is 52.4 Å². The standard InChI is InChI=1S/C40H44N2O6/c1-3-27-45-35-21-13-33(14-22-35)39(43)47-37-17-9-31(10-18-37)29-41-25-7-5-6-8-26-42-30-32-11-19-38(20-12-32)48-40(44)34-15-23-36(24-16-34)46-28-4-2/h9-24,29-30H,3-8,25-28H2,1-2H3. The summed E-state index contributed by atoms with van der Waals surface area (Å²) in [4.78, 5) is 33.9. The van der Waals surface area contributed by atoms with Crippen molar-refractivity contribution in [3.05, 3.63) is 119 Å². The first kappa shape index (κ1) is 35.6. The van der Waals surface area contributed by atoms with Gasteiger partial charge in [0.1, 0.15) is 23.0 Å². The average molecular weight is 649 g/mol. The summed E-state index contributed by atoms with van der Waals surface area (Å²) in [6, 6.07) is 28.5. The van der Waals surface area contributed by atoms with Crippen molar-refractivity contribution in [3.8, 4) is 23.0 Å². The molecule has 0 fully saturated rings. The molecule has 0 aromatic heterocycles. The zero-order valence-corrected chi connectivity index (χ0v) is 27.8. The maximum absolute atomic E-state index is 12.4. The minimum atomic E-state index is -0.408. The molecule has 0 spiro atoms. The van der Waals surface area contributed by atoms with Crippen molar-refractivity contribution >= 4 is 24.4 Å². The topological polar surface area (TPSA) is 95.8 Å². The van der Waals surface area contributed by atoms with Gasteiger partial charge in [-0.25, -0.2) is 9.59 Å². The molecule has 0 amide bonds. The van der Waals surface area contributed by atoms with Crippen LogP contribution in [0.3, 0.4) is 0 Å². The Kier molecular flexibility index (Phi) is 14.9. The molecule has 0 heterocycles. The van der Waals surface area contributed by atoms with E-state index < -0.39 is 11.9 Å². The Morgan fingerprint density at radius 3 is 1.21 bits per heavy atom. The van der Waals surface area contributed by atoms with Gasteiger partial charge < -0.3 is 18.9 Å². The van der Waals surface area contributed by atoms with Gasteiger partial charge in [0.2, 0.25) is 0 Å². The van der Waals surface area contributed by atoms with E-state index in [9.17, 15) is 9.59 Å². The number of aliphatic imine (C=N–C) groups is 2. The Bertz CT molecular complexity index is 1470. The van der Waals surface area contributed by atoms with Gasteiger partial charge >= 0.3 is 11.9 Å². The number of carbonyl (C=O) groups is 2. The molecule has 8 heteroatoms. The highest BCUT2D eigenvalue weighted by Crippen LogP contribution is 2.18. The molecule has 0 saturated heterocycles. The van der Waals surface area contributed by atoms with Gasteiger partial charge in [0, 0.05) is 25.5 Å². The Morgan fingerprint density at radius 1 is 0.500 bits per heavy atom. The van der Waals surface area contributed by atoms with Crippen LogP contribution in [0.1, 0.15) is 84.2 Å². The predicted octanol–water partition coefficient (Wildman–Crippen LogP) is 8.80. The third-order valence-electron chi connectivity index (χ3n) is 7.11. The molecule has 0 radical (unpaired) electrons. The molecule has 8 nitrogen and oxygen atoms in total. The van der Waals surface area contributed by atoms with Crippen molar-refractivity contribution in [2.75, 3.05) is 26.3 Å². The van der Waals surface area contributed by atoms with Crippen LogP contribution in [-0.4, -0.2) is 50.7 Å². The van der Waals surface area contributed by atoms with E-state index in [0.717, 1.165) is 74.2 Å². The summed E-state index contributed by atoms with van der Waals surface area (Å²) in [6.45, 7) is 6.89. The van der Waals surface area contributed by atoms with Gasteiger partial charge in [0.05, 0.1) is 24.3 Å². The minimum absolute atomic E-state index is 0.408. The van der Waals surface area contributed by atoms with E-state index in [1.807, 2.05) is 50.5 Å². The molecule has 250 valence electrons. The predicted molar refractivity (Wildman–Crippen MR) is 191 cm³/mol. The smallest absolute Gasteiger partial charge is 0.343 e. The van der Waals surface area contributed by atoms with E-state index >= 15 is 0 Å². The first-order valence-corrected chi connectivity index (χ1v) is 16.6. The number of esters is 2. The fourth-order valence-corrected chi connectivity index (χ4v) is 4.49. The molecule has 0 aliphatic carbocycles. The first-order chi connectivity index (χ1) is 23.5. The molecule has 0 unspecified atom stereocenters.